The van der Waals surface area contributed by atoms with Crippen LogP contribution in [0.4, 0.5) is 0 Å². The summed E-state index contributed by atoms with van der Waals surface area (Å²) >= 11 is 0. The van der Waals surface area contributed by atoms with Gasteiger partial charge in [-0.3, -0.25) is 4.79 Å². The SMILES string of the molecule is CNCCCC(=O)NC1CCC(C)C(C)C1. The molecular formula is C13H26N2O. The molecule has 0 aliphatic heterocycles. The Labute approximate surface area is 99.4 Å². The third kappa shape index (κ3) is 4.52. The molecule has 1 rings (SSSR count). The van der Waals surface area contributed by atoms with Crippen molar-refractivity contribution in [2.75, 3.05) is 13.6 Å². The van der Waals surface area contributed by atoms with Gasteiger partial charge in [0.1, 0.15) is 0 Å². The zero-order valence-corrected chi connectivity index (χ0v) is 10.9. The van der Waals surface area contributed by atoms with E-state index in [2.05, 4.69) is 24.5 Å². The molecule has 0 spiro atoms. The Hall–Kier alpha value is -0.570. The molecule has 16 heavy (non-hydrogen) atoms. The molecule has 1 saturated carbocycles. The highest BCUT2D eigenvalue weighted by molar-refractivity contribution is 5.76. The molecule has 3 nitrogen and oxygen atoms in total. The minimum absolute atomic E-state index is 0.224. The van der Waals surface area contributed by atoms with Crippen LogP contribution < -0.4 is 10.6 Å². The van der Waals surface area contributed by atoms with Crippen LogP contribution in [0.1, 0.15) is 46.0 Å². The molecule has 1 aliphatic rings. The molecule has 0 heterocycles. The topological polar surface area (TPSA) is 41.1 Å². The fourth-order valence-electron chi connectivity index (χ4n) is 2.40. The van der Waals surface area contributed by atoms with E-state index in [0.717, 1.165) is 37.6 Å². The highest BCUT2D eigenvalue weighted by Crippen LogP contribution is 2.29. The number of hydrogen-bond acceptors (Lipinski definition) is 2. The van der Waals surface area contributed by atoms with Crippen LogP contribution in [-0.4, -0.2) is 25.5 Å². The number of amides is 1. The zero-order chi connectivity index (χ0) is 12.0. The summed E-state index contributed by atoms with van der Waals surface area (Å²) in [5, 5.41) is 6.22. The van der Waals surface area contributed by atoms with Crippen LogP contribution in [0.5, 0.6) is 0 Å². The largest absolute Gasteiger partial charge is 0.353 e. The standard InChI is InChI=1S/C13H26N2O/c1-10-6-7-12(9-11(10)2)15-13(16)5-4-8-14-3/h10-12,14H,4-9H2,1-3H3,(H,15,16). The van der Waals surface area contributed by atoms with Crippen LogP contribution in [0.3, 0.4) is 0 Å². The van der Waals surface area contributed by atoms with E-state index in [0.29, 0.717) is 12.5 Å². The smallest absolute Gasteiger partial charge is 0.220 e. The van der Waals surface area contributed by atoms with E-state index in [-0.39, 0.29) is 5.91 Å². The lowest BCUT2D eigenvalue weighted by Crippen LogP contribution is -2.39. The van der Waals surface area contributed by atoms with Crippen molar-refractivity contribution >= 4 is 5.91 Å². The van der Waals surface area contributed by atoms with Gasteiger partial charge in [-0.15, -0.1) is 0 Å². The number of carbonyl (C=O) groups excluding carboxylic acids is 1. The molecule has 2 N–H and O–H groups in total. The van der Waals surface area contributed by atoms with Crippen LogP contribution in [-0.2, 0) is 4.79 Å². The lowest BCUT2D eigenvalue weighted by Gasteiger charge is -2.32. The van der Waals surface area contributed by atoms with E-state index in [9.17, 15) is 4.79 Å². The Balaban J connectivity index is 2.19. The van der Waals surface area contributed by atoms with Crippen molar-refractivity contribution in [3.63, 3.8) is 0 Å². The predicted molar refractivity (Wildman–Crippen MR) is 67.3 cm³/mol. The third-order valence-corrected chi connectivity index (χ3v) is 3.79. The molecule has 0 aromatic heterocycles. The van der Waals surface area contributed by atoms with Crippen LogP contribution in [0.15, 0.2) is 0 Å². The van der Waals surface area contributed by atoms with Gasteiger partial charge in [-0.2, -0.15) is 0 Å². The van der Waals surface area contributed by atoms with Gasteiger partial charge >= 0.3 is 0 Å². The second-order valence-electron chi connectivity index (χ2n) is 5.24. The first kappa shape index (κ1) is 13.5. The molecule has 3 unspecified atom stereocenters. The van der Waals surface area contributed by atoms with Crippen LogP contribution >= 0.6 is 0 Å². The maximum Gasteiger partial charge on any atom is 0.220 e. The van der Waals surface area contributed by atoms with E-state index >= 15 is 0 Å². The summed E-state index contributed by atoms with van der Waals surface area (Å²) in [6.45, 7) is 5.53. The number of hydrogen-bond donors (Lipinski definition) is 2. The third-order valence-electron chi connectivity index (χ3n) is 3.79. The van der Waals surface area contributed by atoms with Gasteiger partial charge in [0.15, 0.2) is 0 Å². The van der Waals surface area contributed by atoms with Crippen molar-refractivity contribution in [2.45, 2.75) is 52.0 Å². The normalized spacial score (nSPS) is 30.1. The number of carbonyl (C=O) groups is 1. The molecule has 1 fully saturated rings. The molecule has 0 saturated heterocycles. The quantitative estimate of drug-likeness (QED) is 0.703. The molecule has 3 atom stereocenters. The lowest BCUT2D eigenvalue weighted by atomic mass is 9.79. The highest BCUT2D eigenvalue weighted by Gasteiger charge is 2.25. The molecule has 3 heteroatoms. The highest BCUT2D eigenvalue weighted by atomic mass is 16.1. The minimum atomic E-state index is 0.224. The number of nitrogens with one attached hydrogen (secondary N) is 2. The molecule has 0 aromatic carbocycles. The summed E-state index contributed by atoms with van der Waals surface area (Å²) in [5.41, 5.74) is 0. The van der Waals surface area contributed by atoms with Crippen LogP contribution in [0.2, 0.25) is 0 Å². The predicted octanol–water partition coefficient (Wildman–Crippen LogP) is 1.93. The average Bonchev–Trinajstić information content (AvgIpc) is 2.24. The van der Waals surface area contributed by atoms with Gasteiger partial charge in [-0.25, -0.2) is 0 Å². The van der Waals surface area contributed by atoms with Gasteiger partial charge < -0.3 is 10.6 Å². The van der Waals surface area contributed by atoms with Gasteiger partial charge in [-0.1, -0.05) is 13.8 Å². The van der Waals surface area contributed by atoms with E-state index in [1.807, 2.05) is 7.05 Å². The maximum atomic E-state index is 11.6. The molecule has 0 aromatic rings. The zero-order valence-electron chi connectivity index (χ0n) is 10.9. The first-order valence-electron chi connectivity index (χ1n) is 6.57. The van der Waals surface area contributed by atoms with Crippen molar-refractivity contribution in [1.29, 1.82) is 0 Å². The summed E-state index contributed by atoms with van der Waals surface area (Å²) < 4.78 is 0. The van der Waals surface area contributed by atoms with Crippen molar-refractivity contribution < 1.29 is 4.79 Å². The van der Waals surface area contributed by atoms with Crippen LogP contribution in [0.25, 0.3) is 0 Å². The molecule has 1 amide bonds. The number of rotatable bonds is 5. The lowest BCUT2D eigenvalue weighted by molar-refractivity contribution is -0.122. The maximum absolute atomic E-state index is 11.6. The summed E-state index contributed by atoms with van der Waals surface area (Å²) in [5.74, 6) is 1.79. The first-order valence-corrected chi connectivity index (χ1v) is 6.57. The van der Waals surface area contributed by atoms with E-state index in [4.69, 9.17) is 0 Å². The molecule has 0 bridgehead atoms. The van der Waals surface area contributed by atoms with Crippen molar-refractivity contribution in [1.82, 2.24) is 10.6 Å². The average molecular weight is 226 g/mol. The fourth-order valence-corrected chi connectivity index (χ4v) is 2.40. The van der Waals surface area contributed by atoms with Gasteiger partial charge in [-0.05, 0) is 51.1 Å². The summed E-state index contributed by atoms with van der Waals surface area (Å²) in [6, 6.07) is 0.424. The second kappa shape index (κ2) is 6.89. The van der Waals surface area contributed by atoms with Gasteiger partial charge in [0, 0.05) is 12.5 Å². The molecular weight excluding hydrogens is 200 g/mol. The Morgan fingerprint density at radius 2 is 2.00 bits per heavy atom. The Morgan fingerprint density at radius 1 is 1.25 bits per heavy atom. The van der Waals surface area contributed by atoms with E-state index in [1.165, 1.54) is 6.42 Å². The van der Waals surface area contributed by atoms with E-state index in [1.54, 1.807) is 0 Å². The summed E-state index contributed by atoms with van der Waals surface area (Å²) in [7, 11) is 1.92. The Kier molecular flexibility index (Phi) is 5.81. The van der Waals surface area contributed by atoms with Crippen molar-refractivity contribution in [2.24, 2.45) is 11.8 Å². The molecule has 94 valence electrons. The Morgan fingerprint density at radius 3 is 2.62 bits per heavy atom. The first-order chi connectivity index (χ1) is 7.63. The summed E-state index contributed by atoms with van der Waals surface area (Å²) in [6.07, 6.45) is 5.15. The monoisotopic (exact) mass is 226 g/mol. The fraction of sp³-hybridized carbons (Fsp3) is 0.923. The summed E-state index contributed by atoms with van der Waals surface area (Å²) in [4.78, 5) is 11.6. The molecule has 1 aliphatic carbocycles. The molecule has 0 radical (unpaired) electrons. The van der Waals surface area contributed by atoms with Gasteiger partial charge in [0.2, 0.25) is 5.91 Å². The van der Waals surface area contributed by atoms with Crippen molar-refractivity contribution in [3.05, 3.63) is 0 Å². The van der Waals surface area contributed by atoms with Crippen LogP contribution in [0, 0.1) is 11.8 Å². The van der Waals surface area contributed by atoms with Gasteiger partial charge in [0.05, 0.1) is 0 Å². The van der Waals surface area contributed by atoms with Gasteiger partial charge in [0.25, 0.3) is 0 Å². The van der Waals surface area contributed by atoms with E-state index < -0.39 is 0 Å². The minimum Gasteiger partial charge on any atom is -0.353 e. The Bertz CT molecular complexity index is 218. The second-order valence-corrected chi connectivity index (χ2v) is 5.24. The van der Waals surface area contributed by atoms with Crippen molar-refractivity contribution in [3.8, 4) is 0 Å².